The lowest BCUT2D eigenvalue weighted by Gasteiger charge is -2.13. The van der Waals surface area contributed by atoms with Gasteiger partial charge >= 0.3 is 0 Å². The average Bonchev–Trinajstić information content (AvgIpc) is 3.11. The van der Waals surface area contributed by atoms with Gasteiger partial charge < -0.3 is 14.9 Å². The number of aromatic nitrogens is 5. The van der Waals surface area contributed by atoms with E-state index in [0.29, 0.717) is 12.1 Å². The van der Waals surface area contributed by atoms with Crippen LogP contribution >= 0.6 is 0 Å². The van der Waals surface area contributed by atoms with Crippen molar-refractivity contribution in [2.75, 3.05) is 6.61 Å². The molecular weight excluding hydrogens is 293 g/mol. The van der Waals surface area contributed by atoms with E-state index in [-0.39, 0.29) is 23.5 Å². The van der Waals surface area contributed by atoms with Crippen molar-refractivity contribution in [1.29, 1.82) is 0 Å². The third-order valence-electron chi connectivity index (χ3n) is 3.82. The Morgan fingerprint density at radius 1 is 1.41 bits per heavy atom. The predicted octanol–water partition coefficient (Wildman–Crippen LogP) is -0.920. The van der Waals surface area contributed by atoms with Gasteiger partial charge in [0.1, 0.15) is 12.3 Å². The van der Waals surface area contributed by atoms with E-state index in [1.165, 1.54) is 10.7 Å². The molecule has 114 valence electrons. The Morgan fingerprint density at radius 2 is 2.27 bits per heavy atom. The van der Waals surface area contributed by atoms with Gasteiger partial charge in [-0.15, -0.1) is 0 Å². The zero-order valence-electron chi connectivity index (χ0n) is 11.4. The molecule has 0 bridgehead atoms. The molecule has 3 aromatic rings. The van der Waals surface area contributed by atoms with Gasteiger partial charge in [0.15, 0.2) is 11.2 Å². The van der Waals surface area contributed by atoms with Crippen LogP contribution in [0.2, 0.25) is 0 Å². The fraction of sp³-hybridized carbons (Fsp3) is 0.385. The fourth-order valence-electron chi connectivity index (χ4n) is 2.69. The lowest BCUT2D eigenvalue weighted by Crippen LogP contribution is -2.24. The number of aliphatic hydroxyl groups excluding tert-OH is 2. The standard InChI is InChI=1S/C13H13N5O4/c19-5-8-7(20)4-9(22-8)18-6-15-10-11(18)16-13-14-2-1-3-17(13)12(10)21/h1-3,6-9,19-20H,4-5H2/t7-,8+,9+/m0/s1/i1+1,2+1,3+1. The van der Waals surface area contributed by atoms with Crippen LogP contribution in [0.1, 0.15) is 12.6 Å². The maximum atomic E-state index is 12.4. The van der Waals surface area contributed by atoms with Gasteiger partial charge in [0.2, 0.25) is 5.78 Å². The second-order valence-corrected chi connectivity index (χ2v) is 5.15. The summed E-state index contributed by atoms with van der Waals surface area (Å²) in [4.78, 5) is 24.9. The summed E-state index contributed by atoms with van der Waals surface area (Å²) >= 11 is 0. The Kier molecular flexibility index (Phi) is 2.93. The first-order valence-electron chi connectivity index (χ1n) is 6.83. The Morgan fingerprint density at radius 3 is 3.05 bits per heavy atom. The minimum Gasteiger partial charge on any atom is -0.394 e. The van der Waals surface area contributed by atoms with Crippen LogP contribution in [0, 0.1) is 0 Å². The van der Waals surface area contributed by atoms with Crippen LogP contribution in [-0.2, 0) is 4.74 Å². The third-order valence-corrected chi connectivity index (χ3v) is 3.82. The average molecular weight is 306 g/mol. The molecule has 3 aromatic heterocycles. The summed E-state index contributed by atoms with van der Waals surface area (Å²) in [6, 6.07) is 1.64. The minimum absolute atomic E-state index is 0.205. The molecule has 0 radical (unpaired) electrons. The van der Waals surface area contributed by atoms with Crippen LogP contribution in [0.5, 0.6) is 0 Å². The lowest BCUT2D eigenvalue weighted by molar-refractivity contribution is -0.0432. The van der Waals surface area contributed by atoms with Crippen LogP contribution in [0.15, 0.2) is 29.6 Å². The van der Waals surface area contributed by atoms with Gasteiger partial charge in [0.05, 0.1) is 19.0 Å². The van der Waals surface area contributed by atoms with Gasteiger partial charge in [-0.3, -0.25) is 9.36 Å². The number of hydrogen-bond donors (Lipinski definition) is 2. The number of imidazole rings is 1. The van der Waals surface area contributed by atoms with Crippen molar-refractivity contribution >= 4 is 16.9 Å². The zero-order valence-corrected chi connectivity index (χ0v) is 11.4. The van der Waals surface area contributed by atoms with Crippen molar-refractivity contribution in [3.05, 3.63) is 35.1 Å². The first kappa shape index (κ1) is 13.3. The SMILES string of the molecule is O=c1c2ncn([C@H]3C[C@H](O)[C@@H](CO)O3)c2nc2n[13cH][13cH][13cH]n12. The molecule has 1 fully saturated rings. The summed E-state index contributed by atoms with van der Waals surface area (Å²) in [5.41, 5.74) is 0.236. The van der Waals surface area contributed by atoms with Crippen LogP contribution in [-0.4, -0.2) is 52.9 Å². The van der Waals surface area contributed by atoms with Gasteiger partial charge in [-0.2, -0.15) is 4.98 Å². The maximum absolute atomic E-state index is 12.4. The minimum atomic E-state index is -0.771. The van der Waals surface area contributed by atoms with Crippen LogP contribution in [0.25, 0.3) is 16.9 Å². The highest BCUT2D eigenvalue weighted by Crippen LogP contribution is 2.30. The quantitative estimate of drug-likeness (QED) is 0.629. The molecule has 4 rings (SSSR count). The highest BCUT2D eigenvalue weighted by atomic mass is 16.5. The molecule has 0 amide bonds. The van der Waals surface area contributed by atoms with E-state index < -0.39 is 18.4 Å². The molecule has 3 atom stereocenters. The molecule has 9 heteroatoms. The molecule has 1 saturated heterocycles. The molecule has 2 N–H and O–H groups in total. The van der Waals surface area contributed by atoms with Crippen LogP contribution in [0.3, 0.4) is 0 Å². The summed E-state index contributed by atoms with van der Waals surface area (Å²) in [6.07, 6.45) is 2.92. The largest absolute Gasteiger partial charge is 0.394 e. The Labute approximate surface area is 123 Å². The van der Waals surface area contributed by atoms with Crippen molar-refractivity contribution in [3.8, 4) is 0 Å². The van der Waals surface area contributed by atoms with E-state index in [1.54, 1.807) is 23.0 Å². The summed E-state index contributed by atoms with van der Waals surface area (Å²) in [6.45, 7) is -0.273. The molecule has 0 spiro atoms. The second-order valence-electron chi connectivity index (χ2n) is 5.15. The maximum Gasteiger partial charge on any atom is 0.287 e. The lowest BCUT2D eigenvalue weighted by atomic mass is 10.2. The first-order valence-corrected chi connectivity index (χ1v) is 6.83. The Hall–Kier alpha value is -2.36. The molecule has 0 aromatic carbocycles. The molecule has 9 nitrogen and oxygen atoms in total. The molecule has 1 aliphatic heterocycles. The van der Waals surface area contributed by atoms with Crippen molar-refractivity contribution in [2.24, 2.45) is 0 Å². The van der Waals surface area contributed by atoms with Gasteiger partial charge in [-0.25, -0.2) is 14.4 Å². The van der Waals surface area contributed by atoms with E-state index >= 15 is 0 Å². The van der Waals surface area contributed by atoms with Crippen molar-refractivity contribution in [3.63, 3.8) is 0 Å². The summed E-state index contributed by atoms with van der Waals surface area (Å²) in [5, 5.41) is 19.0. The fourth-order valence-corrected chi connectivity index (χ4v) is 2.69. The summed E-state index contributed by atoms with van der Waals surface area (Å²) in [5.74, 6) is 0.263. The first-order chi connectivity index (χ1) is 10.7. The smallest absolute Gasteiger partial charge is 0.287 e. The van der Waals surface area contributed by atoms with Crippen molar-refractivity contribution in [2.45, 2.75) is 24.9 Å². The van der Waals surface area contributed by atoms with E-state index in [4.69, 9.17) is 9.84 Å². The molecule has 0 unspecified atom stereocenters. The predicted molar refractivity (Wildman–Crippen MR) is 74.2 cm³/mol. The molecule has 22 heavy (non-hydrogen) atoms. The monoisotopic (exact) mass is 306 g/mol. The van der Waals surface area contributed by atoms with Crippen LogP contribution < -0.4 is 5.56 Å². The van der Waals surface area contributed by atoms with E-state index in [9.17, 15) is 9.90 Å². The third kappa shape index (κ3) is 1.83. The molecule has 4 heterocycles. The zero-order chi connectivity index (χ0) is 15.3. The summed E-state index contributed by atoms with van der Waals surface area (Å²) < 4.78 is 8.49. The summed E-state index contributed by atoms with van der Waals surface area (Å²) in [7, 11) is 0. The number of fused-ring (bicyclic) bond motifs is 2. The highest BCUT2D eigenvalue weighted by Gasteiger charge is 2.35. The van der Waals surface area contributed by atoms with Gasteiger partial charge in [0, 0.05) is 18.8 Å². The number of hydrogen-bond acceptors (Lipinski definition) is 7. The number of nitrogens with zero attached hydrogens (tertiary/aromatic N) is 5. The number of aliphatic hydroxyl groups is 2. The second kappa shape index (κ2) is 4.83. The Bertz CT molecular complexity index is 904. The van der Waals surface area contributed by atoms with Gasteiger partial charge in [-0.05, 0) is 6.07 Å². The normalized spacial score (nSPS) is 25.3. The van der Waals surface area contributed by atoms with Gasteiger partial charge in [-0.1, -0.05) is 0 Å². The molecule has 0 aliphatic carbocycles. The van der Waals surface area contributed by atoms with Gasteiger partial charge in [0.25, 0.3) is 5.56 Å². The molecule has 0 saturated carbocycles. The number of rotatable bonds is 2. The van der Waals surface area contributed by atoms with E-state index in [1.807, 2.05) is 0 Å². The molecular formula is C13H13N5O4. The van der Waals surface area contributed by atoms with E-state index in [2.05, 4.69) is 15.0 Å². The highest BCUT2D eigenvalue weighted by molar-refractivity contribution is 5.71. The van der Waals surface area contributed by atoms with Crippen molar-refractivity contribution in [1.82, 2.24) is 23.9 Å². The van der Waals surface area contributed by atoms with Crippen molar-refractivity contribution < 1.29 is 14.9 Å². The topological polar surface area (TPSA) is 115 Å². The Balaban J connectivity index is 1.88. The van der Waals surface area contributed by atoms with Crippen LogP contribution in [0.4, 0.5) is 0 Å². The number of ether oxygens (including phenoxy) is 1. The molecule has 1 aliphatic rings. The van der Waals surface area contributed by atoms with E-state index in [0.717, 1.165) is 0 Å².